The molecule has 0 bridgehead atoms. The summed E-state index contributed by atoms with van der Waals surface area (Å²) in [7, 11) is 0. The lowest BCUT2D eigenvalue weighted by Crippen LogP contribution is -2.59. The number of rotatable bonds is 6. The van der Waals surface area contributed by atoms with Crippen LogP contribution in [0.4, 0.5) is 0 Å². The van der Waals surface area contributed by atoms with Crippen molar-refractivity contribution in [3.05, 3.63) is 46.1 Å². The number of hydrogen-bond donors (Lipinski definition) is 8. The molecule has 6 saturated carbocycles. The highest BCUT2D eigenvalue weighted by Gasteiger charge is 2.64. The number of aliphatic hydroxyl groups is 8. The number of aliphatic hydroxyl groups excluding tert-OH is 8. The molecule has 1 aromatic rings. The second-order valence-corrected chi connectivity index (χ2v) is 24.9. The Morgan fingerprint density at radius 1 is 0.529 bits per heavy atom. The average Bonchev–Trinajstić information content (AvgIpc) is 3.80. The van der Waals surface area contributed by atoms with E-state index < -0.39 is 73.6 Å². The lowest BCUT2D eigenvalue weighted by molar-refractivity contribution is -0.290. The summed E-state index contributed by atoms with van der Waals surface area (Å²) in [5, 5.41) is 86.6. The monoisotopic (exact) mass is 949 g/mol. The van der Waals surface area contributed by atoms with E-state index in [9.17, 15) is 40.9 Å². The first kappa shape index (κ1) is 48.4. The normalized spacial score (nSPS) is 53.9. The lowest BCUT2D eigenvalue weighted by Gasteiger charge is -2.62. The second kappa shape index (κ2) is 17.4. The first-order chi connectivity index (χ1) is 32.3. The Kier molecular flexibility index (Phi) is 12.3. The van der Waals surface area contributed by atoms with E-state index in [1.165, 1.54) is 11.1 Å². The van der Waals surface area contributed by atoms with Gasteiger partial charge in [-0.05, 0) is 173 Å². The number of hydrogen-bond acceptors (Lipinski definition) is 14. The van der Waals surface area contributed by atoms with Crippen LogP contribution in [-0.2, 0) is 44.6 Å². The van der Waals surface area contributed by atoms with Gasteiger partial charge in [0, 0.05) is 0 Å². The number of nitrogens with zero attached hydrogens (tertiary/aromatic N) is 2. The Labute approximate surface area is 401 Å². The van der Waals surface area contributed by atoms with Crippen molar-refractivity contribution in [2.24, 2.45) is 69.0 Å². The Bertz CT molecular complexity index is 2010. The number of allylic oxidation sites excluding steroid dienone is 2. The van der Waals surface area contributed by atoms with Crippen LogP contribution in [0.15, 0.2) is 23.3 Å². The van der Waals surface area contributed by atoms with Gasteiger partial charge in [-0.1, -0.05) is 51.0 Å². The molecule has 8 N–H and O–H groups in total. The van der Waals surface area contributed by atoms with Crippen molar-refractivity contribution in [2.75, 3.05) is 13.2 Å². The molecule has 2 aliphatic heterocycles. The molecule has 24 atom stereocenters. The summed E-state index contributed by atoms with van der Waals surface area (Å²) < 4.78 is 23.3. The molecular formula is C54H80N2O12. The van der Waals surface area contributed by atoms with E-state index in [1.54, 1.807) is 13.8 Å². The van der Waals surface area contributed by atoms with Crippen LogP contribution < -0.4 is 0 Å². The SMILES string of the molecule is C[C@H]1O[C@H](OC/C=C2\CC[C@H]3[C@@H]4CC[C@H]5Cc6nc7c(nc6C[C@]5(C)[C@H]4[C@@H](O)C[C@]23C)C[C@@H]2CC[C@@H]3[C@H]([C@@H](O)C[C@]4(C)/C(=C/CO[C@H]5O[C@H](C)[C@@H](O)[C@H](O)[C@@H]5O)CC[C@@H]34)[C@@]2(C)C7)[C@@H](O)[C@@H](O)[C@@H]1O. The third kappa shape index (κ3) is 7.36. The minimum atomic E-state index is -1.33. The molecule has 11 rings (SSSR count). The fourth-order valence-electron chi connectivity index (χ4n) is 18.1. The van der Waals surface area contributed by atoms with Crippen LogP contribution in [0.3, 0.4) is 0 Å². The summed E-state index contributed by atoms with van der Waals surface area (Å²) in [6.45, 7) is 13.3. The number of ether oxygens (including phenoxy) is 4. The van der Waals surface area contributed by atoms with Crippen LogP contribution in [0, 0.1) is 69.0 Å². The van der Waals surface area contributed by atoms with E-state index in [1.807, 2.05) is 0 Å². The minimum absolute atomic E-state index is 0.0813. The Morgan fingerprint density at radius 2 is 0.926 bits per heavy atom. The van der Waals surface area contributed by atoms with Gasteiger partial charge in [0.2, 0.25) is 0 Å². The Morgan fingerprint density at radius 3 is 1.32 bits per heavy atom. The van der Waals surface area contributed by atoms with Gasteiger partial charge in [-0.3, -0.25) is 9.97 Å². The number of aromatic nitrogens is 2. The van der Waals surface area contributed by atoms with E-state index in [0.717, 1.165) is 99.8 Å². The Hall–Kier alpha value is -1.92. The van der Waals surface area contributed by atoms with Crippen LogP contribution in [0.2, 0.25) is 0 Å². The molecule has 0 unspecified atom stereocenters. The van der Waals surface area contributed by atoms with E-state index in [2.05, 4.69) is 39.8 Å². The maximum Gasteiger partial charge on any atom is 0.186 e. The maximum atomic E-state index is 12.4. The Balaban J connectivity index is 0.770. The van der Waals surface area contributed by atoms with Crippen LogP contribution in [-0.4, -0.2) is 138 Å². The molecule has 0 amide bonds. The van der Waals surface area contributed by atoms with Gasteiger partial charge in [0.15, 0.2) is 12.6 Å². The first-order valence-electron chi connectivity index (χ1n) is 26.5. The second-order valence-electron chi connectivity index (χ2n) is 24.9. The summed E-state index contributed by atoms with van der Waals surface area (Å²) in [6.07, 6.45) is 5.68. The van der Waals surface area contributed by atoms with Crippen LogP contribution in [0.25, 0.3) is 0 Å². The van der Waals surface area contributed by atoms with Gasteiger partial charge in [-0.2, -0.15) is 0 Å². The van der Waals surface area contributed by atoms with Crippen molar-refractivity contribution in [3.63, 3.8) is 0 Å². The van der Waals surface area contributed by atoms with E-state index in [0.29, 0.717) is 48.3 Å². The minimum Gasteiger partial charge on any atom is -0.393 e. The quantitative estimate of drug-likeness (QED) is 0.190. The zero-order chi connectivity index (χ0) is 48.0. The summed E-state index contributed by atoms with van der Waals surface area (Å²) in [4.78, 5) is 11.2. The molecule has 14 heteroatoms. The zero-order valence-corrected chi connectivity index (χ0v) is 41.1. The fraction of sp³-hybridized carbons (Fsp3) is 0.852. The molecule has 378 valence electrons. The molecule has 8 aliphatic carbocycles. The van der Waals surface area contributed by atoms with E-state index >= 15 is 0 Å². The molecule has 0 aromatic carbocycles. The third-order valence-corrected chi connectivity index (χ3v) is 21.7. The van der Waals surface area contributed by atoms with Gasteiger partial charge < -0.3 is 59.8 Å². The van der Waals surface area contributed by atoms with Crippen molar-refractivity contribution >= 4 is 0 Å². The van der Waals surface area contributed by atoms with Gasteiger partial charge in [0.25, 0.3) is 0 Å². The van der Waals surface area contributed by atoms with Gasteiger partial charge in [0.1, 0.15) is 36.6 Å². The van der Waals surface area contributed by atoms with Crippen LogP contribution in [0.5, 0.6) is 0 Å². The summed E-state index contributed by atoms with van der Waals surface area (Å²) in [5.74, 6) is 2.94. The summed E-state index contributed by atoms with van der Waals surface area (Å²) in [6, 6.07) is 0. The van der Waals surface area contributed by atoms with Crippen molar-refractivity contribution < 1.29 is 59.8 Å². The number of fused-ring (bicyclic) bond motifs is 12. The molecular weight excluding hydrogens is 869 g/mol. The fourth-order valence-corrected chi connectivity index (χ4v) is 18.1. The molecule has 0 spiro atoms. The van der Waals surface area contributed by atoms with Gasteiger partial charge >= 0.3 is 0 Å². The highest BCUT2D eigenvalue weighted by molar-refractivity contribution is 5.33. The van der Waals surface area contributed by atoms with Crippen LogP contribution in [0.1, 0.15) is 129 Å². The zero-order valence-electron chi connectivity index (χ0n) is 41.1. The predicted octanol–water partition coefficient (Wildman–Crippen LogP) is 3.87. The van der Waals surface area contributed by atoms with Gasteiger partial charge in [-0.25, -0.2) is 0 Å². The third-order valence-electron chi connectivity index (χ3n) is 21.7. The molecule has 2 saturated heterocycles. The van der Waals surface area contributed by atoms with Crippen LogP contribution >= 0.6 is 0 Å². The highest BCUT2D eigenvalue weighted by Crippen LogP contribution is 2.69. The molecule has 68 heavy (non-hydrogen) atoms. The predicted molar refractivity (Wildman–Crippen MR) is 248 cm³/mol. The summed E-state index contributed by atoms with van der Waals surface area (Å²) in [5.41, 5.74) is 6.72. The maximum absolute atomic E-state index is 12.4. The average molecular weight is 949 g/mol. The van der Waals surface area contributed by atoms with Crippen molar-refractivity contribution in [1.82, 2.24) is 9.97 Å². The molecule has 1 aromatic heterocycles. The smallest absolute Gasteiger partial charge is 0.186 e. The largest absolute Gasteiger partial charge is 0.393 e. The van der Waals surface area contributed by atoms with Gasteiger partial charge in [0.05, 0.1) is 60.4 Å². The molecule has 10 aliphatic rings. The van der Waals surface area contributed by atoms with Crippen molar-refractivity contribution in [1.29, 1.82) is 0 Å². The van der Waals surface area contributed by atoms with E-state index in [4.69, 9.17) is 28.9 Å². The molecule has 8 fully saturated rings. The van der Waals surface area contributed by atoms with Gasteiger partial charge in [-0.15, -0.1) is 0 Å². The first-order valence-corrected chi connectivity index (χ1v) is 26.5. The topological polar surface area (TPSA) is 225 Å². The van der Waals surface area contributed by atoms with Crippen molar-refractivity contribution in [2.45, 2.75) is 205 Å². The van der Waals surface area contributed by atoms with Crippen molar-refractivity contribution in [3.8, 4) is 0 Å². The summed E-state index contributed by atoms with van der Waals surface area (Å²) >= 11 is 0. The standard InChI is InChI=1S/C54H80N2O12/c1-25-43(59)45(61)47(63)49(67-25)65-17-15-27-9-13-33-31-11-7-29-19-35-37(21-53(29,5)41(31)39(57)23-51(27,33)3)55-36-20-30-8-12-32-34-14-10-28(16-18-66-50-48(64)46(62)44(60)26(2)68-50)52(34,4)24-40(58)42(32)54(30,6)22-38(36)56-35/h15-16,25-26,29-34,39-50,57-64H,7-14,17-24H2,1-6H3/b27-15+,28-16+/t25-,26-,29+,30+,31+,32+,33+,34+,39+,40+,41-,42-,43-,44-,45+,46+,47+,48+,49+,50+,51-,52-,53+,54+/m1/s1. The lowest BCUT2D eigenvalue weighted by atomic mass is 9.44. The van der Waals surface area contributed by atoms with E-state index in [-0.39, 0.29) is 46.7 Å². The molecule has 3 heterocycles. The highest BCUT2D eigenvalue weighted by atomic mass is 16.7. The molecule has 14 nitrogen and oxygen atoms in total. The molecule has 0 radical (unpaired) electrons.